The van der Waals surface area contributed by atoms with Crippen molar-refractivity contribution in [2.45, 2.75) is 0 Å². The maximum atomic E-state index is 10.5. The van der Waals surface area contributed by atoms with E-state index in [1.807, 2.05) is 22.6 Å². The monoisotopic (exact) mass is 284 g/mol. The van der Waals surface area contributed by atoms with Crippen LogP contribution in [0.15, 0.2) is 5.38 Å². The van der Waals surface area contributed by atoms with Crippen molar-refractivity contribution in [3.05, 3.63) is 13.8 Å². The molecule has 0 aliphatic heterocycles. The van der Waals surface area contributed by atoms with E-state index >= 15 is 0 Å². The van der Waals surface area contributed by atoms with E-state index in [4.69, 9.17) is 9.84 Å². The number of halogens is 1. The van der Waals surface area contributed by atoms with Crippen LogP contribution in [0.5, 0.6) is 5.75 Å². The highest BCUT2D eigenvalue weighted by Gasteiger charge is 2.15. The van der Waals surface area contributed by atoms with Crippen LogP contribution in [-0.2, 0) is 0 Å². The van der Waals surface area contributed by atoms with Gasteiger partial charge in [-0.05, 0) is 22.6 Å². The summed E-state index contributed by atoms with van der Waals surface area (Å²) in [7, 11) is 1.47. The number of aromatic carboxylic acids is 1. The predicted octanol–water partition coefficient (Wildman–Crippen LogP) is 2.06. The third-order valence-electron chi connectivity index (χ3n) is 1.14. The van der Waals surface area contributed by atoms with Crippen LogP contribution in [0.4, 0.5) is 0 Å². The van der Waals surface area contributed by atoms with Crippen LogP contribution >= 0.6 is 33.9 Å². The van der Waals surface area contributed by atoms with Gasteiger partial charge >= 0.3 is 5.97 Å². The highest BCUT2D eigenvalue weighted by atomic mass is 127. The number of rotatable bonds is 2. The number of carboxylic acids is 1. The molecule has 0 radical (unpaired) electrons. The molecule has 0 amide bonds. The summed E-state index contributed by atoms with van der Waals surface area (Å²) in [5.74, 6) is -0.482. The Morgan fingerprint density at radius 2 is 2.45 bits per heavy atom. The summed E-state index contributed by atoms with van der Waals surface area (Å²) in [5.41, 5.74) is 0.238. The van der Waals surface area contributed by atoms with Crippen molar-refractivity contribution in [3.8, 4) is 5.75 Å². The van der Waals surface area contributed by atoms with Crippen molar-refractivity contribution in [1.82, 2.24) is 0 Å². The molecule has 1 aromatic heterocycles. The van der Waals surface area contributed by atoms with E-state index in [2.05, 4.69) is 0 Å². The fraction of sp³-hybridized carbons (Fsp3) is 0.167. The maximum absolute atomic E-state index is 10.5. The number of hydrogen-bond acceptors (Lipinski definition) is 3. The molecule has 1 aromatic rings. The molecule has 5 heteroatoms. The quantitative estimate of drug-likeness (QED) is 0.846. The van der Waals surface area contributed by atoms with Gasteiger partial charge in [-0.3, -0.25) is 0 Å². The second kappa shape index (κ2) is 3.40. The summed E-state index contributed by atoms with van der Waals surface area (Å²) < 4.78 is 5.76. The zero-order valence-electron chi connectivity index (χ0n) is 5.63. The van der Waals surface area contributed by atoms with E-state index in [1.54, 1.807) is 5.38 Å². The maximum Gasteiger partial charge on any atom is 0.340 e. The van der Waals surface area contributed by atoms with Crippen LogP contribution in [0.2, 0.25) is 0 Å². The molecular weight excluding hydrogens is 279 g/mol. The lowest BCUT2D eigenvalue weighted by Crippen LogP contribution is -1.97. The van der Waals surface area contributed by atoms with Crippen LogP contribution in [0.1, 0.15) is 10.4 Å². The SMILES string of the molecule is COc1c(C(=O)O)csc1I. The second-order valence-corrected chi connectivity index (χ2v) is 4.45. The zero-order valence-corrected chi connectivity index (χ0v) is 8.60. The Morgan fingerprint density at radius 1 is 1.82 bits per heavy atom. The molecule has 0 unspecified atom stereocenters. The summed E-state index contributed by atoms with van der Waals surface area (Å²) in [6, 6.07) is 0. The molecule has 0 fully saturated rings. The lowest BCUT2D eigenvalue weighted by atomic mass is 10.3. The third kappa shape index (κ3) is 1.64. The minimum atomic E-state index is -0.944. The average molecular weight is 284 g/mol. The molecular formula is C6H5IO3S. The molecule has 60 valence electrons. The van der Waals surface area contributed by atoms with E-state index in [0.29, 0.717) is 5.75 Å². The predicted molar refractivity (Wildman–Crippen MR) is 50.5 cm³/mol. The van der Waals surface area contributed by atoms with Gasteiger partial charge < -0.3 is 9.84 Å². The number of carbonyl (C=O) groups is 1. The number of carboxylic acid groups (broad SMARTS) is 1. The van der Waals surface area contributed by atoms with Gasteiger partial charge in [0.05, 0.1) is 7.11 Å². The Kier molecular flexibility index (Phi) is 2.72. The lowest BCUT2D eigenvalue weighted by molar-refractivity contribution is 0.0694. The summed E-state index contributed by atoms with van der Waals surface area (Å²) in [5, 5.41) is 10.2. The normalized spacial score (nSPS) is 9.64. The summed E-state index contributed by atoms with van der Waals surface area (Å²) in [6.45, 7) is 0. The fourth-order valence-electron chi connectivity index (χ4n) is 0.661. The van der Waals surface area contributed by atoms with Crippen molar-refractivity contribution in [2.75, 3.05) is 7.11 Å². The molecule has 1 N–H and O–H groups in total. The largest absolute Gasteiger partial charge is 0.494 e. The van der Waals surface area contributed by atoms with E-state index in [0.717, 1.165) is 2.88 Å². The minimum Gasteiger partial charge on any atom is -0.494 e. The summed E-state index contributed by atoms with van der Waals surface area (Å²) in [6.07, 6.45) is 0. The van der Waals surface area contributed by atoms with Crippen molar-refractivity contribution < 1.29 is 14.6 Å². The van der Waals surface area contributed by atoms with Gasteiger partial charge in [-0.15, -0.1) is 11.3 Å². The number of methoxy groups -OCH3 is 1. The number of thiophene rings is 1. The first-order valence-corrected chi connectivity index (χ1v) is 4.67. The fourth-order valence-corrected chi connectivity index (χ4v) is 2.28. The molecule has 1 rings (SSSR count). The van der Waals surface area contributed by atoms with Gasteiger partial charge in [0.1, 0.15) is 8.45 Å². The molecule has 0 aliphatic rings. The third-order valence-corrected chi connectivity index (χ3v) is 3.14. The van der Waals surface area contributed by atoms with Crippen LogP contribution in [0, 0.1) is 2.88 Å². The molecule has 0 aromatic carbocycles. The second-order valence-electron chi connectivity index (χ2n) is 1.76. The molecule has 0 saturated heterocycles. The van der Waals surface area contributed by atoms with Crippen LogP contribution in [0.3, 0.4) is 0 Å². The Morgan fingerprint density at radius 3 is 2.82 bits per heavy atom. The average Bonchev–Trinajstić information content (AvgIpc) is 2.30. The van der Waals surface area contributed by atoms with Gasteiger partial charge in [-0.25, -0.2) is 4.79 Å². The highest BCUT2D eigenvalue weighted by Crippen LogP contribution is 2.31. The van der Waals surface area contributed by atoms with E-state index in [-0.39, 0.29) is 5.56 Å². The molecule has 0 bridgehead atoms. The summed E-state index contributed by atoms with van der Waals surface area (Å²) in [4.78, 5) is 10.5. The van der Waals surface area contributed by atoms with Gasteiger partial charge in [-0.1, -0.05) is 0 Å². The standard InChI is InChI=1S/C6H5IO3S/c1-10-4-3(6(8)9)2-11-5(4)7/h2H,1H3,(H,8,9). The number of hydrogen-bond donors (Lipinski definition) is 1. The van der Waals surface area contributed by atoms with Gasteiger partial charge in [0.15, 0.2) is 5.75 Å². The topological polar surface area (TPSA) is 46.5 Å². The smallest absolute Gasteiger partial charge is 0.340 e. The van der Waals surface area contributed by atoms with Gasteiger partial charge in [0.25, 0.3) is 0 Å². The molecule has 0 atom stereocenters. The van der Waals surface area contributed by atoms with Gasteiger partial charge in [0.2, 0.25) is 0 Å². The Labute approximate surface area is 81.1 Å². The molecule has 3 nitrogen and oxygen atoms in total. The molecule has 0 spiro atoms. The Balaban J connectivity index is 3.15. The van der Waals surface area contributed by atoms with Gasteiger partial charge in [-0.2, -0.15) is 0 Å². The van der Waals surface area contributed by atoms with Crippen molar-refractivity contribution in [2.24, 2.45) is 0 Å². The Bertz CT molecular complexity index is 281. The van der Waals surface area contributed by atoms with Crippen molar-refractivity contribution in [1.29, 1.82) is 0 Å². The molecule has 1 heterocycles. The highest BCUT2D eigenvalue weighted by molar-refractivity contribution is 14.1. The van der Waals surface area contributed by atoms with Crippen molar-refractivity contribution in [3.63, 3.8) is 0 Å². The van der Waals surface area contributed by atoms with E-state index in [1.165, 1.54) is 18.4 Å². The lowest BCUT2D eigenvalue weighted by Gasteiger charge is -1.97. The Hall–Kier alpha value is -0.300. The van der Waals surface area contributed by atoms with Crippen LogP contribution in [-0.4, -0.2) is 18.2 Å². The first-order valence-electron chi connectivity index (χ1n) is 2.71. The van der Waals surface area contributed by atoms with Crippen LogP contribution in [0.25, 0.3) is 0 Å². The first kappa shape index (κ1) is 8.79. The van der Waals surface area contributed by atoms with Gasteiger partial charge in [0, 0.05) is 5.38 Å². The molecule has 0 aliphatic carbocycles. The van der Waals surface area contributed by atoms with Crippen molar-refractivity contribution >= 4 is 39.9 Å². The van der Waals surface area contributed by atoms with Crippen LogP contribution < -0.4 is 4.74 Å². The zero-order chi connectivity index (χ0) is 8.43. The van der Waals surface area contributed by atoms with E-state index in [9.17, 15) is 4.79 Å². The first-order chi connectivity index (χ1) is 5.16. The van der Waals surface area contributed by atoms with E-state index < -0.39 is 5.97 Å². The summed E-state index contributed by atoms with van der Waals surface area (Å²) >= 11 is 3.41. The molecule has 11 heavy (non-hydrogen) atoms. The minimum absolute atomic E-state index is 0.238. The number of ether oxygens (including phenoxy) is 1. The molecule has 0 saturated carbocycles.